The molecule has 0 saturated heterocycles. The van der Waals surface area contributed by atoms with Gasteiger partial charge in [0.1, 0.15) is 0 Å². The molecule has 0 spiro atoms. The quantitative estimate of drug-likeness (QED) is 0.460. The summed E-state index contributed by atoms with van der Waals surface area (Å²) in [5.74, 6) is -0.115. The van der Waals surface area contributed by atoms with E-state index < -0.39 is 20.0 Å². The topological polar surface area (TPSA) is 111 Å². The number of hydrogen-bond donors (Lipinski definition) is 2. The van der Waals surface area contributed by atoms with Gasteiger partial charge in [-0.25, -0.2) is 26.3 Å². The Hall–Kier alpha value is -1.04. The molecule has 144 valence electrons. The van der Waals surface area contributed by atoms with Crippen LogP contribution in [0.4, 0.5) is 0 Å². The highest BCUT2D eigenvalue weighted by molar-refractivity contribution is 7.89. The molecule has 0 aliphatic carbocycles. The first kappa shape index (κ1) is 22.0. The fraction of sp³-hybridized carbons (Fsp3) is 0.600. The molecule has 0 bridgehead atoms. The third kappa shape index (κ3) is 8.75. The first-order valence-electron chi connectivity index (χ1n) is 7.93. The molecular formula is C15H26N2O6S2. The van der Waals surface area contributed by atoms with Crippen molar-refractivity contribution in [1.29, 1.82) is 0 Å². The van der Waals surface area contributed by atoms with Gasteiger partial charge in [-0.05, 0) is 24.1 Å². The maximum atomic E-state index is 11.8. The van der Waals surface area contributed by atoms with Crippen molar-refractivity contribution < 1.29 is 26.3 Å². The van der Waals surface area contributed by atoms with Crippen molar-refractivity contribution in [3.8, 4) is 0 Å². The van der Waals surface area contributed by atoms with Crippen molar-refractivity contribution in [3.05, 3.63) is 29.8 Å². The van der Waals surface area contributed by atoms with Crippen LogP contribution in [0.1, 0.15) is 12.5 Å². The summed E-state index contributed by atoms with van der Waals surface area (Å²) in [6.45, 7) is 3.15. The second-order valence-corrected chi connectivity index (χ2v) is 8.91. The fourth-order valence-corrected chi connectivity index (χ4v) is 3.88. The molecule has 0 saturated carbocycles. The van der Waals surface area contributed by atoms with Crippen LogP contribution in [-0.2, 0) is 35.9 Å². The summed E-state index contributed by atoms with van der Waals surface area (Å²) in [5, 5.41) is 0. The molecule has 0 fully saturated rings. The lowest BCUT2D eigenvalue weighted by Crippen LogP contribution is -2.30. The normalized spacial score (nSPS) is 12.4. The predicted molar refractivity (Wildman–Crippen MR) is 95.5 cm³/mol. The van der Waals surface area contributed by atoms with E-state index >= 15 is 0 Å². The Morgan fingerprint density at radius 3 is 2.24 bits per heavy atom. The number of nitrogens with one attached hydrogen (secondary N) is 2. The van der Waals surface area contributed by atoms with Gasteiger partial charge in [0.25, 0.3) is 0 Å². The van der Waals surface area contributed by atoms with E-state index in [0.717, 1.165) is 5.56 Å². The fourth-order valence-electron chi connectivity index (χ4n) is 1.94. The standard InChI is InChI=1S/C15H26N2O6S2/c1-3-16-25(20,21)15-6-4-14(5-7-15)8-9-17-24(18,19)13-12-23-11-10-22-2/h4-7,16-17H,3,8-13H2,1-2H3. The molecule has 10 heteroatoms. The minimum atomic E-state index is -3.47. The number of methoxy groups -OCH3 is 1. The number of ether oxygens (including phenoxy) is 2. The van der Waals surface area contributed by atoms with E-state index in [1.165, 1.54) is 12.1 Å². The monoisotopic (exact) mass is 394 g/mol. The molecule has 0 heterocycles. The first-order valence-corrected chi connectivity index (χ1v) is 11.1. The largest absolute Gasteiger partial charge is 0.382 e. The SMILES string of the molecule is CCNS(=O)(=O)c1ccc(CCNS(=O)(=O)CCOCCOC)cc1. The van der Waals surface area contributed by atoms with Crippen molar-refractivity contribution in [1.82, 2.24) is 9.44 Å². The van der Waals surface area contributed by atoms with Crippen molar-refractivity contribution in [2.45, 2.75) is 18.2 Å². The summed E-state index contributed by atoms with van der Waals surface area (Å²) in [6.07, 6.45) is 0.464. The minimum absolute atomic E-state index is 0.107. The molecule has 25 heavy (non-hydrogen) atoms. The Balaban J connectivity index is 2.40. The molecule has 0 aliphatic heterocycles. The lowest BCUT2D eigenvalue weighted by molar-refractivity contribution is 0.0784. The molecular weight excluding hydrogens is 368 g/mol. The number of benzene rings is 1. The molecule has 0 radical (unpaired) electrons. The van der Waals surface area contributed by atoms with Crippen LogP contribution in [0.25, 0.3) is 0 Å². The molecule has 0 aromatic heterocycles. The van der Waals surface area contributed by atoms with E-state index in [2.05, 4.69) is 9.44 Å². The molecule has 0 unspecified atom stereocenters. The Labute approximate surface area is 150 Å². The van der Waals surface area contributed by atoms with Crippen LogP contribution in [0.3, 0.4) is 0 Å². The predicted octanol–water partition coefficient (Wildman–Crippen LogP) is 0.110. The van der Waals surface area contributed by atoms with Crippen LogP contribution in [-0.4, -0.2) is 62.6 Å². The third-order valence-corrected chi connectivity index (χ3v) is 6.14. The second-order valence-electron chi connectivity index (χ2n) is 5.21. The zero-order valence-electron chi connectivity index (χ0n) is 14.5. The van der Waals surface area contributed by atoms with Gasteiger partial charge in [0.15, 0.2) is 0 Å². The number of hydrogen-bond acceptors (Lipinski definition) is 6. The highest BCUT2D eigenvalue weighted by Gasteiger charge is 2.12. The smallest absolute Gasteiger partial charge is 0.240 e. The van der Waals surface area contributed by atoms with Crippen LogP contribution in [0, 0.1) is 0 Å². The molecule has 8 nitrogen and oxygen atoms in total. The van der Waals surface area contributed by atoms with E-state index in [-0.39, 0.29) is 23.8 Å². The molecule has 1 aromatic rings. The Morgan fingerprint density at radius 2 is 1.64 bits per heavy atom. The van der Waals surface area contributed by atoms with Gasteiger partial charge in [-0.15, -0.1) is 0 Å². The van der Waals surface area contributed by atoms with E-state index in [1.54, 1.807) is 26.2 Å². The maximum Gasteiger partial charge on any atom is 0.240 e. The Kier molecular flexibility index (Phi) is 9.54. The molecule has 2 N–H and O–H groups in total. The lowest BCUT2D eigenvalue weighted by atomic mass is 10.2. The van der Waals surface area contributed by atoms with E-state index in [0.29, 0.717) is 26.2 Å². The van der Waals surface area contributed by atoms with Crippen LogP contribution in [0.5, 0.6) is 0 Å². The van der Waals surface area contributed by atoms with Crippen molar-refractivity contribution >= 4 is 20.0 Å². The van der Waals surface area contributed by atoms with Gasteiger partial charge in [-0.2, -0.15) is 0 Å². The number of sulfonamides is 2. The molecule has 1 aromatic carbocycles. The van der Waals surface area contributed by atoms with Crippen molar-refractivity contribution in [2.75, 3.05) is 45.8 Å². The zero-order chi connectivity index (χ0) is 18.8. The minimum Gasteiger partial charge on any atom is -0.382 e. The van der Waals surface area contributed by atoms with Crippen LogP contribution in [0.2, 0.25) is 0 Å². The van der Waals surface area contributed by atoms with E-state index in [1.807, 2.05) is 0 Å². The second kappa shape index (κ2) is 10.8. The van der Waals surface area contributed by atoms with E-state index in [9.17, 15) is 16.8 Å². The number of rotatable bonds is 13. The van der Waals surface area contributed by atoms with Gasteiger partial charge >= 0.3 is 0 Å². The van der Waals surface area contributed by atoms with E-state index in [4.69, 9.17) is 9.47 Å². The average molecular weight is 395 g/mol. The molecule has 0 aliphatic rings. The summed E-state index contributed by atoms with van der Waals surface area (Å²) >= 11 is 0. The Bertz CT molecular complexity index is 702. The van der Waals surface area contributed by atoms with Gasteiger partial charge < -0.3 is 9.47 Å². The van der Waals surface area contributed by atoms with Gasteiger partial charge in [-0.1, -0.05) is 19.1 Å². The maximum absolute atomic E-state index is 11.8. The highest BCUT2D eigenvalue weighted by Crippen LogP contribution is 2.10. The van der Waals surface area contributed by atoms with Crippen LogP contribution >= 0.6 is 0 Å². The summed E-state index contributed by atoms with van der Waals surface area (Å²) in [6, 6.07) is 6.36. The highest BCUT2D eigenvalue weighted by atomic mass is 32.2. The summed E-state index contributed by atoms with van der Waals surface area (Å²) in [7, 11) is -5.33. The van der Waals surface area contributed by atoms with Crippen LogP contribution in [0.15, 0.2) is 29.2 Å². The summed E-state index contributed by atoms with van der Waals surface area (Å²) < 4.78 is 62.1. The lowest BCUT2D eigenvalue weighted by Gasteiger charge is -2.08. The van der Waals surface area contributed by atoms with Gasteiger partial charge in [0.05, 0.1) is 30.5 Å². The first-order chi connectivity index (χ1) is 11.8. The van der Waals surface area contributed by atoms with Crippen molar-refractivity contribution in [3.63, 3.8) is 0 Å². The molecule has 1 rings (SSSR count). The summed E-state index contributed by atoms with van der Waals surface area (Å²) in [4.78, 5) is 0.187. The van der Waals surface area contributed by atoms with Crippen molar-refractivity contribution in [2.24, 2.45) is 0 Å². The third-order valence-electron chi connectivity index (χ3n) is 3.23. The zero-order valence-corrected chi connectivity index (χ0v) is 16.2. The summed E-state index contributed by atoms with van der Waals surface area (Å²) in [5.41, 5.74) is 0.842. The molecule has 0 atom stereocenters. The van der Waals surface area contributed by atoms with Crippen LogP contribution < -0.4 is 9.44 Å². The molecule has 0 amide bonds. The average Bonchev–Trinajstić information content (AvgIpc) is 2.55. The van der Waals surface area contributed by atoms with Gasteiger partial charge in [-0.3, -0.25) is 0 Å². The van der Waals surface area contributed by atoms with Gasteiger partial charge in [0.2, 0.25) is 20.0 Å². The Morgan fingerprint density at radius 1 is 0.960 bits per heavy atom. The van der Waals surface area contributed by atoms with Gasteiger partial charge in [0, 0.05) is 20.2 Å².